The van der Waals surface area contributed by atoms with Crippen LogP contribution in [0.15, 0.2) is 86.3 Å². The highest BCUT2D eigenvalue weighted by Gasteiger charge is 2.21. The van der Waals surface area contributed by atoms with Crippen molar-refractivity contribution in [2.24, 2.45) is 0 Å². The van der Waals surface area contributed by atoms with E-state index >= 15 is 0 Å². The van der Waals surface area contributed by atoms with E-state index in [-0.39, 0.29) is 5.41 Å². The number of ether oxygens (including phenoxy) is 2. The molecule has 0 bridgehead atoms. The van der Waals surface area contributed by atoms with Gasteiger partial charge < -0.3 is 9.47 Å². The summed E-state index contributed by atoms with van der Waals surface area (Å²) in [6.45, 7) is 11.0. The van der Waals surface area contributed by atoms with Crippen LogP contribution in [0.25, 0.3) is 0 Å². The summed E-state index contributed by atoms with van der Waals surface area (Å²) in [5.74, 6) is 0. The molecular weight excluding hydrogens is 284 g/mol. The molecule has 124 valence electrons. The second kappa shape index (κ2) is 12.1. The Labute approximate surface area is 141 Å². The van der Waals surface area contributed by atoms with Crippen LogP contribution in [0.4, 0.5) is 0 Å². The van der Waals surface area contributed by atoms with Gasteiger partial charge in [0.25, 0.3) is 0 Å². The largest absolute Gasteiger partial charge is 0.505 e. The summed E-state index contributed by atoms with van der Waals surface area (Å²) in [5, 5.41) is 0. The van der Waals surface area contributed by atoms with Crippen LogP contribution in [0.2, 0.25) is 0 Å². The first kappa shape index (κ1) is 20.5. The summed E-state index contributed by atoms with van der Waals surface area (Å²) in [6.07, 6.45) is 2.75. The van der Waals surface area contributed by atoms with Gasteiger partial charge in [0.2, 0.25) is 0 Å². The predicted molar refractivity (Wildman–Crippen MR) is 99.4 cm³/mol. The van der Waals surface area contributed by atoms with Crippen molar-refractivity contribution in [2.75, 3.05) is 14.2 Å². The molecule has 0 spiro atoms. The lowest BCUT2D eigenvalue weighted by atomic mass is 9.78. The van der Waals surface area contributed by atoms with Gasteiger partial charge in [-0.3, -0.25) is 0 Å². The number of benzene rings is 2. The summed E-state index contributed by atoms with van der Waals surface area (Å²) in [5.41, 5.74) is 2.80. The Kier molecular flexibility index (Phi) is 10.8. The molecule has 0 aliphatic carbocycles. The molecule has 0 atom stereocenters. The van der Waals surface area contributed by atoms with E-state index in [1.165, 1.54) is 23.7 Å². The van der Waals surface area contributed by atoms with Gasteiger partial charge in [0.15, 0.2) is 0 Å². The average molecular weight is 312 g/mol. The first-order valence-corrected chi connectivity index (χ1v) is 7.43. The lowest BCUT2D eigenvalue weighted by Gasteiger charge is -2.25. The van der Waals surface area contributed by atoms with Gasteiger partial charge in [-0.1, -0.05) is 87.7 Å². The molecule has 2 heteroatoms. The van der Waals surface area contributed by atoms with Crippen LogP contribution in [0.3, 0.4) is 0 Å². The van der Waals surface area contributed by atoms with Crippen LogP contribution >= 0.6 is 0 Å². The van der Waals surface area contributed by atoms with Crippen molar-refractivity contribution in [2.45, 2.75) is 19.3 Å². The van der Waals surface area contributed by atoms with E-state index in [2.05, 4.69) is 97.1 Å². The fraction of sp³-hybridized carbons (Fsp3) is 0.238. The highest BCUT2D eigenvalue weighted by molar-refractivity contribution is 5.36. The van der Waals surface area contributed by atoms with E-state index < -0.39 is 0 Å². The standard InChI is InChI=1S/C15H16.2C3H6O/c1-15(2,13-9-5-3-6-10-13)14-11-7-4-8-12-14;2*1-3-4-2/h3-12H,1-2H3;2*3H,1H2,2H3. The van der Waals surface area contributed by atoms with Crippen molar-refractivity contribution in [3.05, 3.63) is 97.5 Å². The van der Waals surface area contributed by atoms with E-state index in [0.29, 0.717) is 0 Å². The zero-order valence-electron chi connectivity index (χ0n) is 14.7. The molecule has 2 nitrogen and oxygen atoms in total. The Balaban J connectivity index is 0.000000509. The Morgan fingerprint density at radius 1 is 0.696 bits per heavy atom. The van der Waals surface area contributed by atoms with E-state index in [9.17, 15) is 0 Å². The second-order valence-corrected chi connectivity index (χ2v) is 5.16. The zero-order chi connectivity index (χ0) is 17.6. The lowest BCUT2D eigenvalue weighted by Crippen LogP contribution is -2.18. The highest BCUT2D eigenvalue weighted by atomic mass is 16.5. The normalized spacial score (nSPS) is 9.22. The van der Waals surface area contributed by atoms with Gasteiger partial charge in [0, 0.05) is 5.41 Å². The van der Waals surface area contributed by atoms with E-state index in [1.54, 1.807) is 14.2 Å². The minimum atomic E-state index is 0.0858. The molecule has 0 heterocycles. The van der Waals surface area contributed by atoms with Crippen LogP contribution in [0.1, 0.15) is 25.0 Å². The molecule has 23 heavy (non-hydrogen) atoms. The van der Waals surface area contributed by atoms with E-state index in [4.69, 9.17) is 0 Å². The minimum absolute atomic E-state index is 0.0858. The SMILES string of the molecule is C=COC.C=COC.CC(C)(c1ccccc1)c1ccccc1. The molecule has 2 aromatic carbocycles. The topological polar surface area (TPSA) is 18.5 Å². The Morgan fingerprint density at radius 2 is 0.957 bits per heavy atom. The summed E-state index contributed by atoms with van der Waals surface area (Å²) in [4.78, 5) is 0. The first-order chi connectivity index (χ1) is 11.0. The lowest BCUT2D eigenvalue weighted by molar-refractivity contribution is 0.339. The molecule has 0 unspecified atom stereocenters. The van der Waals surface area contributed by atoms with Gasteiger partial charge in [0.05, 0.1) is 26.7 Å². The zero-order valence-corrected chi connectivity index (χ0v) is 14.7. The van der Waals surface area contributed by atoms with Gasteiger partial charge in [-0.25, -0.2) is 0 Å². The van der Waals surface area contributed by atoms with Crippen LogP contribution in [-0.4, -0.2) is 14.2 Å². The van der Waals surface area contributed by atoms with Crippen molar-refractivity contribution >= 4 is 0 Å². The maximum absolute atomic E-state index is 4.31. The van der Waals surface area contributed by atoms with Crippen molar-refractivity contribution in [1.82, 2.24) is 0 Å². The summed E-state index contributed by atoms with van der Waals surface area (Å²) >= 11 is 0. The third kappa shape index (κ3) is 7.91. The van der Waals surface area contributed by atoms with Gasteiger partial charge in [-0.15, -0.1) is 0 Å². The summed E-state index contributed by atoms with van der Waals surface area (Å²) in [6, 6.07) is 21.3. The fourth-order valence-corrected chi connectivity index (χ4v) is 1.88. The smallest absolute Gasteiger partial charge is 0.0766 e. The van der Waals surface area contributed by atoms with E-state index in [1.807, 2.05) is 0 Å². The highest BCUT2D eigenvalue weighted by Crippen LogP contribution is 2.30. The molecule has 2 rings (SSSR count). The molecule has 0 amide bonds. The Morgan fingerprint density at radius 3 is 1.17 bits per heavy atom. The monoisotopic (exact) mass is 312 g/mol. The molecule has 0 saturated heterocycles. The summed E-state index contributed by atoms with van der Waals surface area (Å²) < 4.78 is 8.61. The van der Waals surface area contributed by atoms with Crippen LogP contribution in [0, 0.1) is 0 Å². The molecule has 0 aromatic heterocycles. The molecule has 0 radical (unpaired) electrons. The van der Waals surface area contributed by atoms with Crippen LogP contribution < -0.4 is 0 Å². The molecule has 2 aromatic rings. The first-order valence-electron chi connectivity index (χ1n) is 7.43. The van der Waals surface area contributed by atoms with Crippen molar-refractivity contribution in [3.63, 3.8) is 0 Å². The maximum Gasteiger partial charge on any atom is 0.0766 e. The van der Waals surface area contributed by atoms with Crippen LogP contribution in [-0.2, 0) is 14.9 Å². The minimum Gasteiger partial charge on any atom is -0.505 e. The fourth-order valence-electron chi connectivity index (χ4n) is 1.88. The van der Waals surface area contributed by atoms with Gasteiger partial charge >= 0.3 is 0 Å². The Hall–Kier alpha value is -2.48. The quantitative estimate of drug-likeness (QED) is 0.688. The van der Waals surface area contributed by atoms with Gasteiger partial charge in [0.1, 0.15) is 0 Å². The third-order valence-corrected chi connectivity index (χ3v) is 3.32. The van der Waals surface area contributed by atoms with Crippen molar-refractivity contribution in [3.8, 4) is 0 Å². The number of hydrogen-bond donors (Lipinski definition) is 0. The van der Waals surface area contributed by atoms with E-state index in [0.717, 1.165) is 0 Å². The molecule has 0 fully saturated rings. The number of hydrogen-bond acceptors (Lipinski definition) is 2. The molecule has 0 aliphatic rings. The Bertz CT molecular complexity index is 481. The maximum atomic E-state index is 4.31. The average Bonchev–Trinajstić information content (AvgIpc) is 2.63. The van der Waals surface area contributed by atoms with Crippen molar-refractivity contribution < 1.29 is 9.47 Å². The van der Waals surface area contributed by atoms with Gasteiger partial charge in [-0.2, -0.15) is 0 Å². The molecule has 0 aliphatic heterocycles. The van der Waals surface area contributed by atoms with Gasteiger partial charge in [-0.05, 0) is 11.1 Å². The number of methoxy groups -OCH3 is 2. The second-order valence-electron chi connectivity index (χ2n) is 5.16. The molecule has 0 saturated carbocycles. The molecule has 0 N–H and O–H groups in total. The van der Waals surface area contributed by atoms with Crippen molar-refractivity contribution in [1.29, 1.82) is 0 Å². The number of rotatable bonds is 4. The predicted octanol–water partition coefficient (Wildman–Crippen LogP) is 5.57. The third-order valence-electron chi connectivity index (χ3n) is 3.32. The van der Waals surface area contributed by atoms with Crippen LogP contribution in [0.5, 0.6) is 0 Å². The summed E-state index contributed by atoms with van der Waals surface area (Å²) in [7, 11) is 3.12. The molecular formula is C21H28O2.